The Hall–Kier alpha value is -3.29. The zero-order valence-corrected chi connectivity index (χ0v) is 56.7. The van der Waals surface area contributed by atoms with Gasteiger partial charge in [0.2, 0.25) is 5.91 Å². The average molecular weight is 1320 g/mol. The molecule has 0 radical (unpaired) electrons. The molecule has 19 heteroatoms. The molecule has 3 aliphatic rings. The van der Waals surface area contributed by atoms with Crippen LogP contribution in [0.25, 0.3) is 0 Å². The van der Waals surface area contributed by atoms with Crippen molar-refractivity contribution in [2.75, 3.05) is 26.4 Å². The lowest BCUT2D eigenvalue weighted by Gasteiger charge is -2.48. The number of carbonyl (C=O) groups is 1. The maximum absolute atomic E-state index is 13.4. The molecule has 0 bridgehead atoms. The molecule has 3 fully saturated rings. The first-order chi connectivity index (χ1) is 45.3. The second kappa shape index (κ2) is 54.7. The third-order valence-corrected chi connectivity index (χ3v) is 17.4. The number of hydrogen-bond acceptors (Lipinski definition) is 18. The molecule has 17 unspecified atom stereocenters. The van der Waals surface area contributed by atoms with Crippen LogP contribution in [0.3, 0.4) is 0 Å². The lowest BCUT2D eigenvalue weighted by molar-refractivity contribution is -0.379. The average Bonchev–Trinajstić information content (AvgIpc) is 0.900. The first-order valence-electron chi connectivity index (χ1n) is 36.0. The van der Waals surface area contributed by atoms with Gasteiger partial charge in [-0.1, -0.05) is 239 Å². The Balaban J connectivity index is 1.40. The normalized spacial score (nSPS) is 28.1. The van der Waals surface area contributed by atoms with Crippen molar-refractivity contribution >= 4 is 5.91 Å². The highest BCUT2D eigenvalue weighted by molar-refractivity contribution is 5.76. The van der Waals surface area contributed by atoms with E-state index >= 15 is 0 Å². The fourth-order valence-electron chi connectivity index (χ4n) is 11.6. The van der Waals surface area contributed by atoms with Gasteiger partial charge in [-0.25, -0.2) is 0 Å². The van der Waals surface area contributed by atoms with E-state index in [-0.39, 0.29) is 18.9 Å². The molecular formula is C74H127NO18. The Morgan fingerprint density at radius 3 is 1.20 bits per heavy atom. The zero-order valence-electron chi connectivity index (χ0n) is 56.7. The molecule has 3 rings (SSSR count). The van der Waals surface area contributed by atoms with Crippen molar-refractivity contribution in [3.05, 3.63) is 97.2 Å². The molecule has 93 heavy (non-hydrogen) atoms. The molecule has 17 atom stereocenters. The number of aliphatic hydroxyl groups is 11. The summed E-state index contributed by atoms with van der Waals surface area (Å²) in [6.07, 6.45) is 45.2. The molecule has 1 amide bonds. The molecule has 0 aliphatic carbocycles. The fourth-order valence-corrected chi connectivity index (χ4v) is 11.6. The smallest absolute Gasteiger partial charge is 0.220 e. The topological polar surface area (TPSA) is 307 Å². The van der Waals surface area contributed by atoms with Gasteiger partial charge in [0.15, 0.2) is 18.9 Å². The minimum absolute atomic E-state index is 0.228. The van der Waals surface area contributed by atoms with Crippen molar-refractivity contribution < 1.29 is 89.4 Å². The van der Waals surface area contributed by atoms with E-state index < -0.39 is 124 Å². The van der Waals surface area contributed by atoms with Crippen molar-refractivity contribution in [2.45, 2.75) is 336 Å². The first kappa shape index (κ1) is 83.9. The Morgan fingerprint density at radius 1 is 0.398 bits per heavy atom. The van der Waals surface area contributed by atoms with Gasteiger partial charge in [-0.3, -0.25) is 4.79 Å². The van der Waals surface area contributed by atoms with E-state index in [4.69, 9.17) is 28.4 Å². The molecule has 0 saturated carbocycles. The predicted molar refractivity (Wildman–Crippen MR) is 364 cm³/mol. The van der Waals surface area contributed by atoms with Crippen LogP contribution >= 0.6 is 0 Å². The third-order valence-electron chi connectivity index (χ3n) is 17.4. The zero-order chi connectivity index (χ0) is 67.5. The van der Waals surface area contributed by atoms with E-state index in [1.54, 1.807) is 6.08 Å². The van der Waals surface area contributed by atoms with Crippen LogP contribution in [-0.4, -0.2) is 193 Å². The number of ether oxygens (including phenoxy) is 6. The first-order valence-corrected chi connectivity index (χ1v) is 36.0. The Bertz CT molecular complexity index is 2060. The van der Waals surface area contributed by atoms with Gasteiger partial charge in [-0.2, -0.15) is 0 Å². The third kappa shape index (κ3) is 36.2. The summed E-state index contributed by atoms with van der Waals surface area (Å²) in [5.41, 5.74) is 0. The summed E-state index contributed by atoms with van der Waals surface area (Å²) in [4.78, 5) is 13.4. The van der Waals surface area contributed by atoms with E-state index in [2.05, 4.69) is 104 Å². The van der Waals surface area contributed by atoms with E-state index in [0.717, 1.165) is 89.9 Å². The van der Waals surface area contributed by atoms with Gasteiger partial charge in [-0.15, -0.1) is 0 Å². The van der Waals surface area contributed by atoms with Crippen molar-refractivity contribution in [2.24, 2.45) is 0 Å². The lowest BCUT2D eigenvalue weighted by Crippen LogP contribution is -2.66. The van der Waals surface area contributed by atoms with Crippen LogP contribution in [0.1, 0.15) is 232 Å². The van der Waals surface area contributed by atoms with Crippen LogP contribution in [0.4, 0.5) is 0 Å². The number of amides is 1. The summed E-state index contributed by atoms with van der Waals surface area (Å²) in [5.74, 6) is -0.291. The fraction of sp³-hybridized carbons (Fsp3) is 0.770. The number of rotatable bonds is 54. The number of carbonyl (C=O) groups excluding carboxylic acids is 1. The van der Waals surface area contributed by atoms with Crippen LogP contribution in [0.5, 0.6) is 0 Å². The maximum atomic E-state index is 13.4. The summed E-state index contributed by atoms with van der Waals surface area (Å²) >= 11 is 0. The van der Waals surface area contributed by atoms with Gasteiger partial charge in [-0.05, 0) is 83.5 Å². The van der Waals surface area contributed by atoms with Crippen molar-refractivity contribution in [3.63, 3.8) is 0 Å². The van der Waals surface area contributed by atoms with Crippen LogP contribution < -0.4 is 5.32 Å². The van der Waals surface area contributed by atoms with Crippen LogP contribution in [0.15, 0.2) is 97.2 Å². The highest BCUT2D eigenvalue weighted by Gasteiger charge is 2.53. The number of nitrogens with one attached hydrogen (secondary N) is 1. The monoisotopic (exact) mass is 1320 g/mol. The van der Waals surface area contributed by atoms with Gasteiger partial charge < -0.3 is 89.9 Å². The molecule has 0 aromatic rings. The molecule has 12 N–H and O–H groups in total. The van der Waals surface area contributed by atoms with Gasteiger partial charge >= 0.3 is 0 Å². The summed E-state index contributed by atoms with van der Waals surface area (Å²) in [6, 6.07) is -0.997. The largest absolute Gasteiger partial charge is 0.394 e. The molecule has 3 saturated heterocycles. The Kier molecular flexibility index (Phi) is 49.4. The number of aliphatic hydroxyl groups excluding tert-OH is 11. The molecule has 0 aromatic carbocycles. The molecular weight excluding hydrogens is 1190 g/mol. The van der Waals surface area contributed by atoms with E-state index in [1.807, 2.05) is 6.08 Å². The summed E-state index contributed by atoms with van der Waals surface area (Å²) < 4.78 is 34.3. The quantitative estimate of drug-likeness (QED) is 0.0199. The minimum atomic E-state index is -1.98. The van der Waals surface area contributed by atoms with Crippen LogP contribution in [0, 0.1) is 0 Å². The van der Waals surface area contributed by atoms with Gasteiger partial charge in [0.05, 0.1) is 38.6 Å². The molecule has 0 spiro atoms. The van der Waals surface area contributed by atoms with Crippen molar-refractivity contribution in [1.29, 1.82) is 0 Å². The SMILES string of the molecule is CC/C=C\C/C=C\C/C=C\C/C=C\C/C=C\C/C=C\CCCCCCCCCCCCCCC(=O)NC(COC1OC(CO)C(OC2OC(CO)C(OC3OC(CO)C(O)C(O)C3O)C(O)C2O)C(O)C1O)C(O)/C=C/CC/C=C/CCCCCCCCCCCCC. The number of unbranched alkanes of at least 4 members (excludes halogenated alkanes) is 24. The molecule has 19 nitrogen and oxygen atoms in total. The van der Waals surface area contributed by atoms with E-state index in [1.165, 1.54) is 109 Å². The molecule has 536 valence electrons. The molecule has 3 heterocycles. The van der Waals surface area contributed by atoms with Gasteiger partial charge in [0.1, 0.15) is 73.2 Å². The summed E-state index contributed by atoms with van der Waals surface area (Å²) in [6.45, 7) is 1.59. The van der Waals surface area contributed by atoms with E-state index in [9.17, 15) is 61.0 Å². The van der Waals surface area contributed by atoms with Crippen LogP contribution in [0.2, 0.25) is 0 Å². The molecule has 3 aliphatic heterocycles. The van der Waals surface area contributed by atoms with E-state index in [0.29, 0.717) is 12.8 Å². The maximum Gasteiger partial charge on any atom is 0.220 e. The van der Waals surface area contributed by atoms with Crippen molar-refractivity contribution in [3.8, 4) is 0 Å². The summed E-state index contributed by atoms with van der Waals surface area (Å²) in [7, 11) is 0. The standard InChI is InChI=1S/C74H127NO18/c1-3-5-7-9-11-13-15-17-19-21-22-23-24-25-26-27-28-29-30-31-32-33-34-36-38-40-42-44-46-48-50-52-62(80)75-57(58(79)51-49-47-45-43-41-39-37-35-20-18-16-14-12-10-8-6-4-2)56-88-72-68(86)65(83)70(60(54-77)90-72)93-74-69(87)66(84)71(61(55-78)91-74)92-73-67(85)64(82)63(81)59(53-76)89-73/h5,7,11,13,17,19,22-23,25-26,28-29,41,43,49,51,57-61,63-74,76-79,81-87H,3-4,6,8-10,12,14-16,18,20-21,24,27,30-40,42,44-48,50,52-56H2,1-2H3,(H,75,80)/b7-5-,13-11-,19-17-,23-22-,26-25-,29-28-,43-41+,51-49+. The highest BCUT2D eigenvalue weighted by atomic mass is 16.8. The lowest BCUT2D eigenvalue weighted by atomic mass is 9.96. The highest BCUT2D eigenvalue weighted by Crippen LogP contribution is 2.33. The minimum Gasteiger partial charge on any atom is -0.394 e. The molecule has 0 aromatic heterocycles. The Labute approximate surface area is 558 Å². The Morgan fingerprint density at radius 2 is 0.753 bits per heavy atom. The second-order valence-electron chi connectivity index (χ2n) is 25.3. The number of allylic oxidation sites excluding steroid dienone is 15. The number of hydrogen-bond donors (Lipinski definition) is 12. The van der Waals surface area contributed by atoms with Gasteiger partial charge in [0, 0.05) is 6.42 Å². The second-order valence-corrected chi connectivity index (χ2v) is 25.3. The summed E-state index contributed by atoms with van der Waals surface area (Å²) in [5, 5.41) is 121. The predicted octanol–water partition coefficient (Wildman–Crippen LogP) is 10.0. The van der Waals surface area contributed by atoms with Crippen molar-refractivity contribution in [1.82, 2.24) is 5.32 Å². The van der Waals surface area contributed by atoms with Gasteiger partial charge in [0.25, 0.3) is 0 Å². The van der Waals surface area contributed by atoms with Crippen LogP contribution in [-0.2, 0) is 33.2 Å².